The molecule has 1 aromatic heterocycles. The van der Waals surface area contributed by atoms with Crippen molar-refractivity contribution in [1.82, 2.24) is 10.3 Å². The van der Waals surface area contributed by atoms with E-state index in [1.807, 2.05) is 5.38 Å². The van der Waals surface area contributed by atoms with Crippen LogP contribution < -0.4 is 11.1 Å². The van der Waals surface area contributed by atoms with E-state index in [2.05, 4.69) is 17.2 Å². The Bertz CT molecular complexity index is 387. The van der Waals surface area contributed by atoms with Crippen LogP contribution in [0.3, 0.4) is 0 Å². The normalized spacial score (nSPS) is 17.8. The van der Waals surface area contributed by atoms with E-state index in [9.17, 15) is 4.79 Å². The summed E-state index contributed by atoms with van der Waals surface area (Å²) >= 11 is 1.35. The Morgan fingerprint density at radius 2 is 2.50 bits per heavy atom. The van der Waals surface area contributed by atoms with E-state index >= 15 is 0 Å². The van der Waals surface area contributed by atoms with Crippen LogP contribution in [0, 0.1) is 5.41 Å². The molecule has 1 amide bonds. The molecule has 0 saturated carbocycles. The van der Waals surface area contributed by atoms with Gasteiger partial charge in [-0.3, -0.25) is 4.79 Å². The number of rotatable bonds is 4. The molecule has 1 aromatic rings. The third-order valence-electron chi connectivity index (χ3n) is 2.52. The van der Waals surface area contributed by atoms with E-state index in [0.717, 1.165) is 18.9 Å². The number of nitrogens with zero attached hydrogens (tertiary/aromatic N) is 1. The highest BCUT2D eigenvalue weighted by Crippen LogP contribution is 2.25. The molecule has 0 spiro atoms. The van der Waals surface area contributed by atoms with Gasteiger partial charge in [0.25, 0.3) is 0 Å². The molecule has 2 heterocycles. The summed E-state index contributed by atoms with van der Waals surface area (Å²) in [5, 5.41) is 5.20. The minimum atomic E-state index is -0.0153. The summed E-state index contributed by atoms with van der Waals surface area (Å²) in [7, 11) is 0. The second-order valence-electron chi connectivity index (χ2n) is 4.43. The van der Waals surface area contributed by atoms with Crippen LogP contribution in [0.2, 0.25) is 0 Å². The predicted molar refractivity (Wildman–Crippen MR) is 62.2 cm³/mol. The molecule has 1 fully saturated rings. The fourth-order valence-corrected chi connectivity index (χ4v) is 2.06. The number of nitrogens with two attached hydrogens (primary N) is 1. The Labute approximate surface area is 98.0 Å². The maximum absolute atomic E-state index is 11.6. The molecule has 0 radical (unpaired) electrons. The van der Waals surface area contributed by atoms with Crippen LogP contribution in [0.25, 0.3) is 0 Å². The molecule has 1 aliphatic heterocycles. The smallest absolute Gasteiger partial charge is 0.226 e. The zero-order valence-electron chi connectivity index (χ0n) is 9.16. The number of hydrogen-bond donors (Lipinski definition) is 2. The number of carbonyl (C=O) groups is 1. The van der Waals surface area contributed by atoms with Crippen LogP contribution in [-0.2, 0) is 16.0 Å². The maximum Gasteiger partial charge on any atom is 0.226 e. The van der Waals surface area contributed by atoms with Gasteiger partial charge in [0.2, 0.25) is 5.91 Å². The van der Waals surface area contributed by atoms with Crippen molar-refractivity contribution >= 4 is 22.4 Å². The predicted octanol–water partition coefficient (Wildman–Crippen LogP) is 0.420. The SMILES string of the molecule is CC1(CNC(=O)Cc2csc(N)n2)COC1. The summed E-state index contributed by atoms with van der Waals surface area (Å²) in [4.78, 5) is 15.6. The van der Waals surface area contributed by atoms with E-state index in [0.29, 0.717) is 18.1 Å². The summed E-state index contributed by atoms with van der Waals surface area (Å²) in [6, 6.07) is 0. The van der Waals surface area contributed by atoms with Crippen molar-refractivity contribution in [2.24, 2.45) is 5.41 Å². The number of ether oxygens (including phenoxy) is 1. The zero-order valence-corrected chi connectivity index (χ0v) is 9.97. The van der Waals surface area contributed by atoms with Crippen molar-refractivity contribution in [2.45, 2.75) is 13.3 Å². The molecule has 1 aliphatic rings. The third-order valence-corrected chi connectivity index (χ3v) is 3.25. The lowest BCUT2D eigenvalue weighted by Crippen LogP contribution is -2.48. The standard InChI is InChI=1S/C10H15N3O2S/c1-10(5-15-6-10)4-12-8(14)2-7-3-16-9(11)13-7/h3H,2,4-6H2,1H3,(H2,11,13)(H,12,14). The highest BCUT2D eigenvalue weighted by Gasteiger charge is 2.33. The van der Waals surface area contributed by atoms with Crippen molar-refractivity contribution in [3.05, 3.63) is 11.1 Å². The molecule has 1 saturated heterocycles. The van der Waals surface area contributed by atoms with Gasteiger partial charge in [-0.15, -0.1) is 11.3 Å². The second-order valence-corrected chi connectivity index (χ2v) is 5.32. The topological polar surface area (TPSA) is 77.2 Å². The summed E-state index contributed by atoms with van der Waals surface area (Å²) < 4.78 is 5.11. The van der Waals surface area contributed by atoms with Gasteiger partial charge in [0, 0.05) is 17.3 Å². The first-order valence-electron chi connectivity index (χ1n) is 5.12. The van der Waals surface area contributed by atoms with Crippen LogP contribution in [-0.4, -0.2) is 30.6 Å². The number of amides is 1. The Kier molecular flexibility index (Phi) is 3.11. The summed E-state index contributed by atoms with van der Waals surface area (Å²) in [6.07, 6.45) is 0.296. The highest BCUT2D eigenvalue weighted by molar-refractivity contribution is 7.13. The third kappa shape index (κ3) is 2.70. The van der Waals surface area contributed by atoms with Crippen LogP contribution in [0.1, 0.15) is 12.6 Å². The molecule has 88 valence electrons. The lowest BCUT2D eigenvalue weighted by atomic mass is 9.89. The molecule has 5 nitrogen and oxygen atoms in total. The first kappa shape index (κ1) is 11.3. The maximum atomic E-state index is 11.6. The zero-order chi connectivity index (χ0) is 11.6. The van der Waals surface area contributed by atoms with E-state index in [-0.39, 0.29) is 11.3 Å². The highest BCUT2D eigenvalue weighted by atomic mass is 32.1. The molecular weight excluding hydrogens is 226 g/mol. The summed E-state index contributed by atoms with van der Waals surface area (Å²) in [5.74, 6) is -0.0153. The number of aromatic nitrogens is 1. The number of thiazole rings is 1. The van der Waals surface area contributed by atoms with Crippen molar-refractivity contribution in [2.75, 3.05) is 25.5 Å². The second kappa shape index (κ2) is 4.39. The molecule has 0 aliphatic carbocycles. The lowest BCUT2D eigenvalue weighted by Gasteiger charge is -2.38. The van der Waals surface area contributed by atoms with Crippen molar-refractivity contribution in [3.8, 4) is 0 Å². The summed E-state index contributed by atoms with van der Waals surface area (Å²) in [6.45, 7) is 4.19. The minimum absolute atomic E-state index is 0.0153. The van der Waals surface area contributed by atoms with Crippen molar-refractivity contribution < 1.29 is 9.53 Å². The van der Waals surface area contributed by atoms with Crippen LogP contribution >= 0.6 is 11.3 Å². The first-order chi connectivity index (χ1) is 7.57. The monoisotopic (exact) mass is 241 g/mol. The number of nitrogens with one attached hydrogen (secondary N) is 1. The molecule has 0 aromatic carbocycles. The van der Waals surface area contributed by atoms with E-state index < -0.39 is 0 Å². The molecule has 0 atom stereocenters. The number of anilines is 1. The molecular formula is C10H15N3O2S. The Morgan fingerprint density at radius 1 is 1.75 bits per heavy atom. The molecule has 6 heteroatoms. The van der Waals surface area contributed by atoms with Crippen LogP contribution in [0.4, 0.5) is 5.13 Å². The van der Waals surface area contributed by atoms with Crippen molar-refractivity contribution in [3.63, 3.8) is 0 Å². The Balaban J connectivity index is 1.76. The molecule has 0 bridgehead atoms. The van der Waals surface area contributed by atoms with Gasteiger partial charge in [-0.1, -0.05) is 6.92 Å². The Hall–Kier alpha value is -1.14. The Morgan fingerprint density at radius 3 is 3.00 bits per heavy atom. The van der Waals surface area contributed by atoms with Gasteiger partial charge in [0.1, 0.15) is 0 Å². The van der Waals surface area contributed by atoms with E-state index in [1.54, 1.807) is 0 Å². The van der Waals surface area contributed by atoms with Crippen LogP contribution in [0.5, 0.6) is 0 Å². The van der Waals surface area contributed by atoms with Gasteiger partial charge in [-0.05, 0) is 0 Å². The van der Waals surface area contributed by atoms with Gasteiger partial charge < -0.3 is 15.8 Å². The molecule has 2 rings (SSSR count). The fourth-order valence-electron chi connectivity index (χ4n) is 1.50. The molecule has 16 heavy (non-hydrogen) atoms. The first-order valence-corrected chi connectivity index (χ1v) is 6.00. The molecule has 3 N–H and O–H groups in total. The fraction of sp³-hybridized carbons (Fsp3) is 0.600. The summed E-state index contributed by atoms with van der Waals surface area (Å²) in [5.41, 5.74) is 6.33. The average Bonchev–Trinajstić information content (AvgIpc) is 2.58. The lowest BCUT2D eigenvalue weighted by molar-refractivity contribution is -0.126. The molecule has 0 unspecified atom stereocenters. The van der Waals surface area contributed by atoms with Crippen LogP contribution in [0.15, 0.2) is 5.38 Å². The van der Waals surface area contributed by atoms with E-state index in [4.69, 9.17) is 10.5 Å². The van der Waals surface area contributed by atoms with Gasteiger partial charge in [-0.25, -0.2) is 4.98 Å². The average molecular weight is 241 g/mol. The number of carbonyl (C=O) groups excluding carboxylic acids is 1. The number of nitrogen functional groups attached to an aromatic ring is 1. The minimum Gasteiger partial charge on any atom is -0.380 e. The van der Waals surface area contributed by atoms with Crippen molar-refractivity contribution in [1.29, 1.82) is 0 Å². The van der Waals surface area contributed by atoms with Gasteiger partial charge in [0.05, 0.1) is 25.3 Å². The van der Waals surface area contributed by atoms with Gasteiger partial charge in [-0.2, -0.15) is 0 Å². The quantitative estimate of drug-likeness (QED) is 0.801. The number of hydrogen-bond acceptors (Lipinski definition) is 5. The largest absolute Gasteiger partial charge is 0.380 e. The van der Waals surface area contributed by atoms with Gasteiger partial charge >= 0.3 is 0 Å². The van der Waals surface area contributed by atoms with E-state index in [1.165, 1.54) is 11.3 Å². The van der Waals surface area contributed by atoms with Gasteiger partial charge in [0.15, 0.2) is 5.13 Å².